The molecule has 0 aliphatic carbocycles. The van der Waals surface area contributed by atoms with Gasteiger partial charge in [-0.2, -0.15) is 0 Å². The number of amides is 1. The summed E-state index contributed by atoms with van der Waals surface area (Å²) < 4.78 is 11.2. The van der Waals surface area contributed by atoms with Crippen LogP contribution in [-0.4, -0.2) is 87.5 Å². The number of unbranched alkanes of at least 4 members (excludes halogenated alkanes) is 26. The van der Waals surface area contributed by atoms with Crippen LogP contribution in [0.5, 0.6) is 0 Å². The van der Waals surface area contributed by atoms with Crippen molar-refractivity contribution in [2.24, 2.45) is 0 Å². The van der Waals surface area contributed by atoms with E-state index in [-0.39, 0.29) is 18.9 Å². The maximum atomic E-state index is 13.0. The second-order valence-electron chi connectivity index (χ2n) is 19.0. The maximum Gasteiger partial charge on any atom is 0.220 e. The SMILES string of the molecule is CC/C=C\C/C=C\C/C=C\C/C=C\C/C=C\CCCC(=O)NC(COC1OC(CO)C(O)C(O)C1O)C(O)/C=C/CCCCCCCCCCCCCCCCCCCCCCCCCCC. The lowest BCUT2D eigenvalue weighted by atomic mass is 9.99. The van der Waals surface area contributed by atoms with Gasteiger partial charge in [0.15, 0.2) is 6.29 Å². The molecular formula is C58H103NO8. The summed E-state index contributed by atoms with van der Waals surface area (Å²) >= 11 is 0. The maximum absolute atomic E-state index is 13.0. The lowest BCUT2D eigenvalue weighted by Gasteiger charge is -2.40. The smallest absolute Gasteiger partial charge is 0.220 e. The Balaban J connectivity index is 2.26. The predicted molar refractivity (Wildman–Crippen MR) is 281 cm³/mol. The van der Waals surface area contributed by atoms with Crippen LogP contribution in [0.2, 0.25) is 0 Å². The van der Waals surface area contributed by atoms with E-state index in [4.69, 9.17) is 9.47 Å². The molecule has 7 unspecified atom stereocenters. The summed E-state index contributed by atoms with van der Waals surface area (Å²) in [6, 6.07) is -0.839. The van der Waals surface area contributed by atoms with Crippen LogP contribution < -0.4 is 5.32 Å². The Kier molecular flexibility index (Phi) is 44.2. The summed E-state index contributed by atoms with van der Waals surface area (Å²) in [5, 5.41) is 54.4. The van der Waals surface area contributed by atoms with Crippen molar-refractivity contribution < 1.29 is 39.8 Å². The van der Waals surface area contributed by atoms with E-state index in [1.807, 2.05) is 6.08 Å². The predicted octanol–water partition coefficient (Wildman–Crippen LogP) is 13.3. The Labute approximate surface area is 410 Å². The third kappa shape index (κ3) is 37.2. The average molecular weight is 942 g/mol. The molecule has 1 aliphatic heterocycles. The molecule has 0 bridgehead atoms. The van der Waals surface area contributed by atoms with Gasteiger partial charge < -0.3 is 40.3 Å². The van der Waals surface area contributed by atoms with Crippen LogP contribution in [0.15, 0.2) is 72.9 Å². The number of nitrogens with one attached hydrogen (secondary N) is 1. The molecule has 388 valence electrons. The minimum absolute atomic E-state index is 0.214. The standard InChI is InChI=1S/C58H103NO8/c1-3-5-7-9-11-13-15-17-19-21-22-23-24-25-26-27-28-29-30-32-33-35-37-39-41-43-45-47-52(61)51(50-66-58-57(65)56(64)55(63)53(49-60)67-58)59-54(62)48-46-44-42-40-38-36-34-31-20-18-16-14-12-10-8-6-4-2/h6,8,12,14,18,20,34,36,40,42,45,47,51-53,55-58,60-61,63-65H,3-5,7,9-11,13,15-17,19,21-33,35,37-39,41,43-44,46,48-50H2,1-2H3,(H,59,62)/b8-6-,14-12-,20-18-,36-34-,42-40-,47-45+. The highest BCUT2D eigenvalue weighted by atomic mass is 16.7. The number of carbonyl (C=O) groups excluding carboxylic acids is 1. The fraction of sp³-hybridized carbons (Fsp3) is 0.776. The molecule has 1 aliphatic rings. The van der Waals surface area contributed by atoms with E-state index in [0.29, 0.717) is 6.42 Å². The quantitative estimate of drug-likeness (QED) is 0.0261. The first-order chi connectivity index (χ1) is 32.8. The van der Waals surface area contributed by atoms with Crippen molar-refractivity contribution in [3.05, 3.63) is 72.9 Å². The second-order valence-corrected chi connectivity index (χ2v) is 19.0. The van der Waals surface area contributed by atoms with E-state index in [2.05, 4.69) is 79.9 Å². The Morgan fingerprint density at radius 2 is 0.925 bits per heavy atom. The van der Waals surface area contributed by atoms with Gasteiger partial charge in [-0.05, 0) is 57.8 Å². The fourth-order valence-corrected chi connectivity index (χ4v) is 8.43. The summed E-state index contributed by atoms with van der Waals surface area (Å²) in [6.45, 7) is 3.64. The lowest BCUT2D eigenvalue weighted by Crippen LogP contribution is -2.60. The Morgan fingerprint density at radius 3 is 1.36 bits per heavy atom. The van der Waals surface area contributed by atoms with Gasteiger partial charge in [-0.1, -0.05) is 241 Å². The zero-order valence-corrected chi connectivity index (χ0v) is 42.9. The highest BCUT2D eigenvalue weighted by Gasteiger charge is 2.44. The van der Waals surface area contributed by atoms with Gasteiger partial charge in [-0.15, -0.1) is 0 Å². The molecule has 0 spiro atoms. The summed E-state index contributed by atoms with van der Waals surface area (Å²) in [5.74, 6) is -0.234. The van der Waals surface area contributed by atoms with Crippen molar-refractivity contribution >= 4 is 5.91 Å². The van der Waals surface area contributed by atoms with E-state index in [0.717, 1.165) is 57.8 Å². The molecule has 1 amide bonds. The monoisotopic (exact) mass is 942 g/mol. The van der Waals surface area contributed by atoms with E-state index in [1.165, 1.54) is 148 Å². The van der Waals surface area contributed by atoms with Gasteiger partial charge in [0, 0.05) is 6.42 Å². The first-order valence-electron chi connectivity index (χ1n) is 27.7. The van der Waals surface area contributed by atoms with Crippen LogP contribution in [-0.2, 0) is 14.3 Å². The summed E-state index contributed by atoms with van der Waals surface area (Å²) in [4.78, 5) is 13.0. The van der Waals surface area contributed by atoms with Gasteiger partial charge in [-0.3, -0.25) is 4.79 Å². The number of hydrogen-bond acceptors (Lipinski definition) is 8. The van der Waals surface area contributed by atoms with Crippen LogP contribution in [0.3, 0.4) is 0 Å². The van der Waals surface area contributed by atoms with Gasteiger partial charge in [0.05, 0.1) is 25.4 Å². The topological polar surface area (TPSA) is 149 Å². The van der Waals surface area contributed by atoms with Gasteiger partial charge in [0.25, 0.3) is 0 Å². The number of aliphatic hydroxyl groups is 5. The molecular weight excluding hydrogens is 839 g/mol. The minimum atomic E-state index is -1.58. The lowest BCUT2D eigenvalue weighted by molar-refractivity contribution is -0.302. The van der Waals surface area contributed by atoms with Crippen molar-refractivity contribution in [1.29, 1.82) is 0 Å². The van der Waals surface area contributed by atoms with E-state index in [9.17, 15) is 30.3 Å². The van der Waals surface area contributed by atoms with Crippen molar-refractivity contribution in [3.63, 3.8) is 0 Å². The van der Waals surface area contributed by atoms with Crippen LogP contribution in [0.1, 0.15) is 232 Å². The van der Waals surface area contributed by atoms with E-state index < -0.39 is 49.5 Å². The molecule has 6 N–H and O–H groups in total. The molecule has 1 heterocycles. The Hall–Kier alpha value is -2.37. The van der Waals surface area contributed by atoms with Gasteiger partial charge in [0.2, 0.25) is 5.91 Å². The fourth-order valence-electron chi connectivity index (χ4n) is 8.43. The first-order valence-corrected chi connectivity index (χ1v) is 27.7. The minimum Gasteiger partial charge on any atom is -0.394 e. The number of carbonyl (C=O) groups is 1. The Bertz CT molecular complexity index is 1280. The first kappa shape index (κ1) is 62.6. The Morgan fingerprint density at radius 1 is 0.522 bits per heavy atom. The zero-order valence-electron chi connectivity index (χ0n) is 42.9. The molecule has 67 heavy (non-hydrogen) atoms. The molecule has 0 aromatic heterocycles. The number of ether oxygens (including phenoxy) is 2. The average Bonchev–Trinajstić information content (AvgIpc) is 3.33. The van der Waals surface area contributed by atoms with E-state index >= 15 is 0 Å². The molecule has 0 aromatic carbocycles. The van der Waals surface area contributed by atoms with Gasteiger partial charge >= 0.3 is 0 Å². The highest BCUT2D eigenvalue weighted by molar-refractivity contribution is 5.76. The third-order valence-electron chi connectivity index (χ3n) is 12.8. The second kappa shape index (κ2) is 47.3. The third-order valence-corrected chi connectivity index (χ3v) is 12.8. The molecule has 0 saturated carbocycles. The normalized spacial score (nSPS) is 20.3. The molecule has 1 saturated heterocycles. The van der Waals surface area contributed by atoms with Crippen LogP contribution in [0.25, 0.3) is 0 Å². The molecule has 1 fully saturated rings. The molecule has 9 heteroatoms. The van der Waals surface area contributed by atoms with Gasteiger partial charge in [-0.25, -0.2) is 0 Å². The molecule has 9 nitrogen and oxygen atoms in total. The number of rotatable bonds is 46. The number of allylic oxidation sites excluding steroid dienone is 11. The summed E-state index contributed by atoms with van der Waals surface area (Å²) in [5.41, 5.74) is 0. The van der Waals surface area contributed by atoms with E-state index in [1.54, 1.807) is 6.08 Å². The van der Waals surface area contributed by atoms with Crippen molar-refractivity contribution in [1.82, 2.24) is 5.32 Å². The van der Waals surface area contributed by atoms with Crippen molar-refractivity contribution in [2.45, 2.75) is 275 Å². The van der Waals surface area contributed by atoms with Crippen LogP contribution in [0.4, 0.5) is 0 Å². The summed E-state index contributed by atoms with van der Waals surface area (Å²) in [6.07, 6.45) is 58.3. The largest absolute Gasteiger partial charge is 0.394 e. The van der Waals surface area contributed by atoms with Crippen molar-refractivity contribution in [3.8, 4) is 0 Å². The zero-order chi connectivity index (χ0) is 48.7. The van der Waals surface area contributed by atoms with Crippen LogP contribution >= 0.6 is 0 Å². The highest BCUT2D eigenvalue weighted by Crippen LogP contribution is 2.23. The van der Waals surface area contributed by atoms with Crippen LogP contribution in [0, 0.1) is 0 Å². The molecule has 1 rings (SSSR count). The molecule has 7 atom stereocenters. The summed E-state index contributed by atoms with van der Waals surface area (Å²) in [7, 11) is 0. The van der Waals surface area contributed by atoms with Gasteiger partial charge in [0.1, 0.15) is 24.4 Å². The molecule has 0 radical (unpaired) electrons. The number of aliphatic hydroxyl groups excluding tert-OH is 5. The molecule has 0 aromatic rings. The van der Waals surface area contributed by atoms with Crippen molar-refractivity contribution in [2.75, 3.05) is 13.2 Å². The number of hydrogen-bond donors (Lipinski definition) is 6.